The van der Waals surface area contributed by atoms with Gasteiger partial charge in [0.25, 0.3) is 0 Å². The molecule has 3 aromatic heterocycles. The quantitative estimate of drug-likeness (QED) is 0.450. The van der Waals surface area contributed by atoms with Crippen molar-refractivity contribution in [3.8, 4) is 11.8 Å². The smallest absolute Gasteiger partial charge is 0.326 e. The second kappa shape index (κ2) is 6.73. The molecule has 1 aliphatic heterocycles. The number of aromatic amines is 1. The normalized spacial score (nSPS) is 21.9. The van der Waals surface area contributed by atoms with Crippen LogP contribution < -0.4 is 20.7 Å². The number of halogens is 2. The molecule has 1 aliphatic carbocycles. The summed E-state index contributed by atoms with van der Waals surface area (Å²) in [6.45, 7) is 3.32. The molecule has 2 fully saturated rings. The van der Waals surface area contributed by atoms with Gasteiger partial charge in [-0.15, -0.1) is 0 Å². The van der Waals surface area contributed by atoms with Crippen LogP contribution in [-0.2, 0) is 0 Å². The maximum Gasteiger partial charge on any atom is 0.326 e. The maximum absolute atomic E-state index is 15.0. The van der Waals surface area contributed by atoms with Crippen LogP contribution in [0.25, 0.3) is 21.9 Å². The Morgan fingerprint density at radius 2 is 1.94 bits per heavy atom. The first-order valence-electron chi connectivity index (χ1n) is 10.4. The Kier molecular flexibility index (Phi) is 4.03. The number of rotatable bonds is 4. The molecule has 8 nitrogen and oxygen atoms in total. The van der Waals surface area contributed by atoms with Gasteiger partial charge in [-0.25, -0.2) is 8.78 Å². The van der Waals surface area contributed by atoms with Crippen molar-refractivity contribution in [1.82, 2.24) is 19.9 Å². The zero-order chi connectivity index (χ0) is 22.1. The van der Waals surface area contributed by atoms with Gasteiger partial charge in [-0.1, -0.05) is 0 Å². The van der Waals surface area contributed by atoms with Crippen molar-refractivity contribution >= 4 is 33.4 Å². The molecule has 0 bridgehead atoms. The van der Waals surface area contributed by atoms with Crippen LogP contribution in [0.4, 0.5) is 20.3 Å². The highest BCUT2D eigenvalue weighted by Gasteiger charge is 2.54. The number of aromatic nitrogens is 4. The fraction of sp³-hybridized carbons (Fsp3) is 0.318. The third-order valence-corrected chi connectivity index (χ3v) is 6.50. The number of aryl methyl sites for hydroxylation is 1. The summed E-state index contributed by atoms with van der Waals surface area (Å²) in [5, 5.41) is 3.55. The van der Waals surface area contributed by atoms with E-state index in [4.69, 9.17) is 10.5 Å². The second-order valence-corrected chi connectivity index (χ2v) is 8.44. The van der Waals surface area contributed by atoms with Crippen LogP contribution in [0.5, 0.6) is 11.8 Å². The number of hydrogen-bond donors (Lipinski definition) is 3. The van der Waals surface area contributed by atoms with Crippen LogP contribution in [0.1, 0.15) is 5.69 Å². The predicted molar refractivity (Wildman–Crippen MR) is 117 cm³/mol. The average molecular weight is 437 g/mol. The van der Waals surface area contributed by atoms with E-state index in [0.29, 0.717) is 40.0 Å². The number of nitrogens with zero attached hydrogens (tertiary/aromatic N) is 4. The number of nitrogens with one attached hydrogen (secondary N) is 2. The summed E-state index contributed by atoms with van der Waals surface area (Å²) in [6.07, 6.45) is 1.59. The standard InChI is InChI=1S/C22H21F2N7O/c1-9-3-4-10(6-27-9)32-22-29-20-16(21(30-22)31-7-11-12(8-31)17(11)25)15-13(23)5-14(24)18(26-2)19(15)28-20/h3-6,11-12,17,26H,7-8,25H2,1-2H3,(H,28,29,30). The molecule has 32 heavy (non-hydrogen) atoms. The molecular formula is C22H21F2N7O. The SMILES string of the molecule is CNc1c(F)cc(F)c2c1[nH]c1nc(Oc3ccc(C)nc3)nc(N3CC4C(N)C4C3)c12. The molecule has 4 N–H and O–H groups in total. The van der Waals surface area contributed by atoms with E-state index in [0.717, 1.165) is 24.8 Å². The number of nitrogens with two attached hydrogens (primary N) is 1. The molecule has 1 saturated heterocycles. The van der Waals surface area contributed by atoms with Crippen molar-refractivity contribution in [1.29, 1.82) is 0 Å². The van der Waals surface area contributed by atoms with Crippen molar-refractivity contribution < 1.29 is 13.5 Å². The minimum atomic E-state index is -0.686. The molecule has 1 aromatic carbocycles. The minimum Gasteiger partial charge on any atom is -0.423 e. The lowest BCUT2D eigenvalue weighted by Crippen LogP contribution is -2.29. The van der Waals surface area contributed by atoms with E-state index in [9.17, 15) is 4.39 Å². The minimum absolute atomic E-state index is 0.0986. The largest absolute Gasteiger partial charge is 0.423 e. The van der Waals surface area contributed by atoms with Gasteiger partial charge >= 0.3 is 6.01 Å². The molecule has 4 aromatic rings. The number of ether oxygens (including phenoxy) is 1. The van der Waals surface area contributed by atoms with Gasteiger partial charge in [0.15, 0.2) is 5.82 Å². The zero-order valence-electron chi connectivity index (χ0n) is 17.5. The van der Waals surface area contributed by atoms with E-state index in [2.05, 4.69) is 30.2 Å². The van der Waals surface area contributed by atoms with Crippen LogP contribution in [-0.4, -0.2) is 46.1 Å². The van der Waals surface area contributed by atoms with Gasteiger partial charge in [0, 0.05) is 37.9 Å². The molecule has 164 valence electrons. The number of pyridine rings is 1. The Morgan fingerprint density at radius 1 is 1.16 bits per heavy atom. The molecule has 6 rings (SSSR count). The van der Waals surface area contributed by atoms with Gasteiger partial charge in [-0.2, -0.15) is 9.97 Å². The highest BCUT2D eigenvalue weighted by atomic mass is 19.1. The van der Waals surface area contributed by atoms with Gasteiger partial charge in [0.1, 0.15) is 23.0 Å². The first-order chi connectivity index (χ1) is 15.4. The number of hydrogen-bond acceptors (Lipinski definition) is 7. The molecule has 0 amide bonds. The number of anilines is 2. The Balaban J connectivity index is 1.55. The monoisotopic (exact) mass is 437 g/mol. The van der Waals surface area contributed by atoms with Crippen LogP contribution in [0, 0.1) is 30.4 Å². The number of piperidine rings is 1. The fourth-order valence-corrected chi connectivity index (χ4v) is 4.74. The van der Waals surface area contributed by atoms with Crippen molar-refractivity contribution in [2.45, 2.75) is 13.0 Å². The lowest BCUT2D eigenvalue weighted by molar-refractivity contribution is 0.441. The highest BCUT2D eigenvalue weighted by molar-refractivity contribution is 6.15. The van der Waals surface area contributed by atoms with E-state index in [-0.39, 0.29) is 23.1 Å². The Bertz CT molecular complexity index is 1360. The fourth-order valence-electron chi connectivity index (χ4n) is 4.74. The molecule has 0 radical (unpaired) electrons. The molecule has 2 unspecified atom stereocenters. The topological polar surface area (TPSA) is 105 Å². The summed E-state index contributed by atoms with van der Waals surface area (Å²) in [5.74, 6) is 0.455. The van der Waals surface area contributed by atoms with E-state index >= 15 is 4.39 Å². The molecule has 2 aliphatic rings. The summed E-state index contributed by atoms with van der Waals surface area (Å²) in [4.78, 5) is 18.5. The summed E-state index contributed by atoms with van der Waals surface area (Å²) in [7, 11) is 1.59. The molecule has 10 heteroatoms. The third kappa shape index (κ3) is 2.79. The van der Waals surface area contributed by atoms with Crippen molar-refractivity contribution in [2.75, 3.05) is 30.4 Å². The summed E-state index contributed by atoms with van der Waals surface area (Å²) in [5.41, 5.74) is 7.80. The van der Waals surface area contributed by atoms with Crippen LogP contribution in [0.15, 0.2) is 24.4 Å². The molecule has 1 saturated carbocycles. The van der Waals surface area contributed by atoms with Gasteiger partial charge in [0.05, 0.1) is 28.2 Å². The summed E-state index contributed by atoms with van der Waals surface area (Å²) < 4.78 is 35.3. The number of H-pyrrole nitrogens is 1. The molecule has 0 spiro atoms. The van der Waals surface area contributed by atoms with Crippen molar-refractivity contribution in [3.05, 3.63) is 41.7 Å². The summed E-state index contributed by atoms with van der Waals surface area (Å²) in [6, 6.07) is 4.78. The second-order valence-electron chi connectivity index (χ2n) is 8.44. The van der Waals surface area contributed by atoms with Gasteiger partial charge in [-0.3, -0.25) is 4.98 Å². The van der Waals surface area contributed by atoms with E-state index in [1.807, 2.05) is 13.0 Å². The van der Waals surface area contributed by atoms with Crippen molar-refractivity contribution in [2.24, 2.45) is 17.6 Å². The van der Waals surface area contributed by atoms with E-state index in [1.165, 1.54) is 0 Å². The van der Waals surface area contributed by atoms with Crippen LogP contribution in [0.3, 0.4) is 0 Å². The lowest BCUT2D eigenvalue weighted by Gasteiger charge is -2.21. The Labute approximate surface area is 181 Å². The maximum atomic E-state index is 15.0. The van der Waals surface area contributed by atoms with Crippen LogP contribution in [0.2, 0.25) is 0 Å². The predicted octanol–water partition coefficient (Wildman–Crippen LogP) is 3.32. The molecular weight excluding hydrogens is 416 g/mol. The molecule has 4 heterocycles. The third-order valence-electron chi connectivity index (χ3n) is 6.50. The van der Waals surface area contributed by atoms with Crippen molar-refractivity contribution in [3.63, 3.8) is 0 Å². The van der Waals surface area contributed by atoms with E-state index < -0.39 is 11.6 Å². The number of benzene rings is 1. The van der Waals surface area contributed by atoms with Gasteiger partial charge in [-0.05, 0) is 30.9 Å². The first-order valence-corrected chi connectivity index (χ1v) is 10.4. The van der Waals surface area contributed by atoms with Gasteiger partial charge in [0.2, 0.25) is 0 Å². The first kappa shape index (κ1) is 19.2. The highest BCUT2D eigenvalue weighted by Crippen LogP contribution is 2.47. The lowest BCUT2D eigenvalue weighted by atomic mass is 10.1. The summed E-state index contributed by atoms with van der Waals surface area (Å²) >= 11 is 0. The average Bonchev–Trinajstić information content (AvgIpc) is 3.13. The van der Waals surface area contributed by atoms with Crippen LogP contribution >= 0.6 is 0 Å². The Hall–Kier alpha value is -3.53. The molecule has 2 atom stereocenters. The van der Waals surface area contributed by atoms with E-state index in [1.54, 1.807) is 19.3 Å². The zero-order valence-corrected chi connectivity index (χ0v) is 17.5. The van der Waals surface area contributed by atoms with Gasteiger partial charge < -0.3 is 25.7 Å². The number of fused-ring (bicyclic) bond motifs is 4. The Morgan fingerprint density at radius 3 is 2.62 bits per heavy atom.